The minimum atomic E-state index is -0.336. The van der Waals surface area contributed by atoms with Gasteiger partial charge in [-0.3, -0.25) is 10.1 Å². The molecule has 0 atom stereocenters. The summed E-state index contributed by atoms with van der Waals surface area (Å²) in [5, 5.41) is 8.16. The Hall–Kier alpha value is -2.97. The maximum atomic E-state index is 14.8. The van der Waals surface area contributed by atoms with Crippen molar-refractivity contribution < 1.29 is 9.18 Å². The number of anilines is 1. The fourth-order valence-corrected chi connectivity index (χ4v) is 5.36. The van der Waals surface area contributed by atoms with Crippen LogP contribution in [0.25, 0.3) is 27.5 Å². The minimum absolute atomic E-state index is 0.124. The molecule has 0 bridgehead atoms. The Morgan fingerprint density at radius 1 is 1.16 bits per heavy atom. The van der Waals surface area contributed by atoms with Crippen LogP contribution in [0.3, 0.4) is 0 Å². The highest BCUT2D eigenvalue weighted by molar-refractivity contribution is 8.13. The fourth-order valence-electron chi connectivity index (χ4n) is 3.80. The van der Waals surface area contributed by atoms with Crippen LogP contribution in [-0.2, 0) is 12.8 Å². The Morgan fingerprint density at radius 2 is 1.94 bits per heavy atom. The van der Waals surface area contributed by atoms with E-state index >= 15 is 0 Å². The molecule has 0 saturated heterocycles. The number of para-hydroxylation sites is 1. The SMILES string of the molecule is CCSC(=O)Nc1nc2c(s1)-c1c(c(-c3ccccc3)nn1-c1ccccc1F)CC2. The number of halogens is 1. The van der Waals surface area contributed by atoms with Crippen LogP contribution >= 0.6 is 23.1 Å². The van der Waals surface area contributed by atoms with Gasteiger partial charge in [0.1, 0.15) is 11.5 Å². The van der Waals surface area contributed by atoms with Crippen LogP contribution in [0.5, 0.6) is 0 Å². The molecule has 156 valence electrons. The second-order valence-corrected chi connectivity index (χ2v) is 9.28. The first kappa shape index (κ1) is 20.0. The first-order chi connectivity index (χ1) is 15.2. The molecular formula is C23H19FN4OS2. The molecule has 1 N–H and O–H groups in total. The zero-order chi connectivity index (χ0) is 21.4. The summed E-state index contributed by atoms with van der Waals surface area (Å²) in [6.07, 6.45) is 1.50. The smallest absolute Gasteiger partial charge is 0.285 e. The minimum Gasteiger partial charge on any atom is -0.293 e. The number of aryl methyl sites for hydroxylation is 1. The highest BCUT2D eigenvalue weighted by Gasteiger charge is 2.30. The Kier molecular flexibility index (Phi) is 5.33. The van der Waals surface area contributed by atoms with Crippen molar-refractivity contribution in [1.29, 1.82) is 0 Å². The van der Waals surface area contributed by atoms with Crippen LogP contribution in [0.1, 0.15) is 18.2 Å². The summed E-state index contributed by atoms with van der Waals surface area (Å²) in [7, 11) is 0. The van der Waals surface area contributed by atoms with E-state index in [-0.39, 0.29) is 11.1 Å². The molecule has 2 aromatic heterocycles. The number of aromatic nitrogens is 3. The number of thioether (sulfide) groups is 1. The van der Waals surface area contributed by atoms with Gasteiger partial charge in [0.25, 0.3) is 5.24 Å². The van der Waals surface area contributed by atoms with E-state index in [1.807, 2.05) is 37.3 Å². The predicted octanol–water partition coefficient (Wildman–Crippen LogP) is 6.19. The van der Waals surface area contributed by atoms with Gasteiger partial charge in [0.2, 0.25) is 0 Å². The van der Waals surface area contributed by atoms with E-state index in [0.29, 0.717) is 16.6 Å². The molecule has 0 radical (unpaired) electrons. The molecule has 1 aliphatic rings. The molecule has 0 spiro atoms. The number of hydrogen-bond donors (Lipinski definition) is 1. The number of benzene rings is 2. The van der Waals surface area contributed by atoms with E-state index in [0.717, 1.165) is 45.9 Å². The Morgan fingerprint density at radius 3 is 2.71 bits per heavy atom. The van der Waals surface area contributed by atoms with E-state index in [4.69, 9.17) is 5.10 Å². The summed E-state index contributed by atoms with van der Waals surface area (Å²) < 4.78 is 16.5. The number of carbonyl (C=O) groups excluding carboxylic acids is 1. The average Bonchev–Trinajstić information content (AvgIpc) is 3.35. The average molecular weight is 451 g/mol. The number of rotatable bonds is 4. The molecule has 2 heterocycles. The van der Waals surface area contributed by atoms with Crippen molar-refractivity contribution in [3.63, 3.8) is 0 Å². The summed E-state index contributed by atoms with van der Waals surface area (Å²) >= 11 is 2.63. The van der Waals surface area contributed by atoms with Gasteiger partial charge in [-0.15, -0.1) is 0 Å². The first-order valence-electron chi connectivity index (χ1n) is 10.0. The second kappa shape index (κ2) is 8.28. The van der Waals surface area contributed by atoms with Crippen molar-refractivity contribution in [3.05, 3.63) is 71.7 Å². The molecule has 1 aliphatic carbocycles. The largest absolute Gasteiger partial charge is 0.293 e. The van der Waals surface area contributed by atoms with E-state index in [1.54, 1.807) is 22.9 Å². The van der Waals surface area contributed by atoms with Crippen molar-refractivity contribution in [2.24, 2.45) is 0 Å². The van der Waals surface area contributed by atoms with Gasteiger partial charge in [-0.25, -0.2) is 14.1 Å². The third-order valence-electron chi connectivity index (χ3n) is 5.12. The topological polar surface area (TPSA) is 59.8 Å². The normalized spacial score (nSPS) is 12.3. The van der Waals surface area contributed by atoms with Gasteiger partial charge >= 0.3 is 0 Å². The Bertz CT molecular complexity index is 1270. The monoisotopic (exact) mass is 450 g/mol. The number of amides is 1. The van der Waals surface area contributed by atoms with Gasteiger partial charge in [-0.05, 0) is 30.7 Å². The predicted molar refractivity (Wildman–Crippen MR) is 125 cm³/mol. The first-order valence-corrected chi connectivity index (χ1v) is 11.8. The van der Waals surface area contributed by atoms with E-state index in [9.17, 15) is 9.18 Å². The molecule has 5 rings (SSSR count). The molecule has 0 aliphatic heterocycles. The van der Waals surface area contributed by atoms with Gasteiger partial charge in [0.05, 0.1) is 22.0 Å². The molecule has 2 aromatic carbocycles. The van der Waals surface area contributed by atoms with E-state index in [1.165, 1.54) is 29.2 Å². The zero-order valence-corrected chi connectivity index (χ0v) is 18.4. The number of fused-ring (bicyclic) bond motifs is 3. The highest BCUT2D eigenvalue weighted by atomic mass is 32.2. The van der Waals surface area contributed by atoms with Crippen LogP contribution in [0.15, 0.2) is 54.6 Å². The molecule has 0 fully saturated rings. The molecule has 5 nitrogen and oxygen atoms in total. The third kappa shape index (κ3) is 3.66. The number of carbonyl (C=O) groups is 1. The van der Waals surface area contributed by atoms with Crippen LogP contribution in [0.4, 0.5) is 14.3 Å². The molecular weight excluding hydrogens is 431 g/mol. The molecule has 1 amide bonds. The summed E-state index contributed by atoms with van der Waals surface area (Å²) in [5.41, 5.74) is 5.08. The third-order valence-corrected chi connectivity index (χ3v) is 6.79. The second-order valence-electron chi connectivity index (χ2n) is 7.05. The molecule has 0 unspecified atom stereocenters. The number of nitrogens with one attached hydrogen (secondary N) is 1. The maximum absolute atomic E-state index is 14.8. The lowest BCUT2D eigenvalue weighted by Crippen LogP contribution is -2.07. The molecule has 4 aromatic rings. The van der Waals surface area contributed by atoms with E-state index < -0.39 is 0 Å². The van der Waals surface area contributed by atoms with Gasteiger partial charge in [-0.1, -0.05) is 72.5 Å². The van der Waals surface area contributed by atoms with Gasteiger partial charge < -0.3 is 0 Å². The number of hydrogen-bond acceptors (Lipinski definition) is 5. The van der Waals surface area contributed by atoms with Crippen LogP contribution < -0.4 is 5.32 Å². The van der Waals surface area contributed by atoms with Gasteiger partial charge in [-0.2, -0.15) is 5.10 Å². The Balaban J connectivity index is 1.69. The number of nitrogens with zero attached hydrogens (tertiary/aromatic N) is 3. The van der Waals surface area contributed by atoms with Crippen LogP contribution in [0, 0.1) is 5.82 Å². The quantitative estimate of drug-likeness (QED) is 0.403. The maximum Gasteiger partial charge on any atom is 0.285 e. The molecule has 31 heavy (non-hydrogen) atoms. The summed E-state index contributed by atoms with van der Waals surface area (Å²) in [5.74, 6) is 0.360. The van der Waals surface area contributed by atoms with Gasteiger partial charge in [0.15, 0.2) is 5.13 Å². The van der Waals surface area contributed by atoms with Crippen molar-refractivity contribution >= 4 is 33.5 Å². The van der Waals surface area contributed by atoms with Crippen molar-refractivity contribution in [2.45, 2.75) is 19.8 Å². The summed E-state index contributed by atoms with van der Waals surface area (Å²) in [6.45, 7) is 1.93. The fraction of sp³-hybridized carbons (Fsp3) is 0.174. The summed E-state index contributed by atoms with van der Waals surface area (Å²) in [6, 6.07) is 16.6. The van der Waals surface area contributed by atoms with Crippen molar-refractivity contribution in [3.8, 4) is 27.5 Å². The zero-order valence-electron chi connectivity index (χ0n) is 16.8. The molecule has 8 heteroatoms. The number of thiazole rings is 1. The Labute approximate surface area is 187 Å². The standard InChI is InChI=1S/C23H19FN4OS2/c1-2-30-23(29)26-22-25-17-13-12-15-19(14-8-4-3-5-9-14)27-28(20(15)21(17)31-22)18-11-7-6-10-16(18)24/h3-11H,2,12-13H2,1H3,(H,25,26,29). The lowest BCUT2D eigenvalue weighted by Gasteiger charge is -2.14. The lowest BCUT2D eigenvalue weighted by molar-refractivity contribution is 0.270. The van der Waals surface area contributed by atoms with Gasteiger partial charge in [0, 0.05) is 11.1 Å². The molecule has 0 saturated carbocycles. The van der Waals surface area contributed by atoms with Crippen LogP contribution in [-0.4, -0.2) is 25.8 Å². The van der Waals surface area contributed by atoms with Crippen LogP contribution in [0.2, 0.25) is 0 Å². The van der Waals surface area contributed by atoms with E-state index in [2.05, 4.69) is 10.3 Å². The highest BCUT2D eigenvalue weighted by Crippen LogP contribution is 2.44. The van der Waals surface area contributed by atoms with Crippen molar-refractivity contribution in [1.82, 2.24) is 14.8 Å². The summed E-state index contributed by atoms with van der Waals surface area (Å²) in [4.78, 5) is 17.6. The lowest BCUT2D eigenvalue weighted by atomic mass is 9.95. The van der Waals surface area contributed by atoms with Crippen molar-refractivity contribution in [2.75, 3.05) is 11.1 Å².